The van der Waals surface area contributed by atoms with Gasteiger partial charge in [0.05, 0.1) is 4.88 Å². The van der Waals surface area contributed by atoms with Crippen molar-refractivity contribution in [2.45, 2.75) is 38.3 Å². The Hall–Kier alpha value is -1.73. The third-order valence-electron chi connectivity index (χ3n) is 5.39. The summed E-state index contributed by atoms with van der Waals surface area (Å²) >= 11 is 1.37. The first-order chi connectivity index (χ1) is 10.9. The van der Waals surface area contributed by atoms with E-state index in [-0.39, 0.29) is 23.4 Å². The Labute approximate surface area is 139 Å². The van der Waals surface area contributed by atoms with Crippen molar-refractivity contribution >= 4 is 33.4 Å². The first-order valence-corrected chi connectivity index (χ1v) is 8.85. The first-order valence-electron chi connectivity index (χ1n) is 8.03. The van der Waals surface area contributed by atoms with Crippen molar-refractivity contribution < 1.29 is 4.79 Å². The van der Waals surface area contributed by atoms with Gasteiger partial charge < -0.3 is 11.1 Å². The number of nitrogens with one attached hydrogen (secondary N) is 1. The molecule has 2 aromatic rings. The van der Waals surface area contributed by atoms with Crippen molar-refractivity contribution in [3.05, 3.63) is 17.1 Å². The van der Waals surface area contributed by atoms with Crippen LogP contribution in [-0.2, 0) is 0 Å². The lowest BCUT2D eigenvalue weighted by Gasteiger charge is -2.56. The Kier molecular flexibility index (Phi) is 3.32. The topological polar surface area (TPSA) is 84.1 Å². The van der Waals surface area contributed by atoms with Crippen LogP contribution in [0.3, 0.4) is 0 Å². The summed E-state index contributed by atoms with van der Waals surface area (Å²) < 4.78 is 0. The Morgan fingerprint density at radius 2 is 2.17 bits per heavy atom. The minimum absolute atomic E-state index is 0.0116. The average molecular weight is 331 g/mol. The molecular formula is C16H21N5OS. The molecule has 0 aliphatic carbocycles. The van der Waals surface area contributed by atoms with Gasteiger partial charge in [0.1, 0.15) is 4.83 Å². The Bertz CT molecular complexity index is 763. The number of carbonyl (C=O) groups is 1. The van der Waals surface area contributed by atoms with Gasteiger partial charge in [-0.25, -0.2) is 9.97 Å². The average Bonchev–Trinajstić information content (AvgIpc) is 2.94. The second kappa shape index (κ2) is 5.14. The number of hydrogen-bond donors (Lipinski definition) is 2. The summed E-state index contributed by atoms with van der Waals surface area (Å²) in [6, 6.07) is 2.04. The van der Waals surface area contributed by atoms with Crippen molar-refractivity contribution in [2.75, 3.05) is 18.8 Å². The molecule has 2 aromatic heterocycles. The molecule has 0 spiro atoms. The van der Waals surface area contributed by atoms with E-state index in [9.17, 15) is 4.79 Å². The zero-order chi connectivity index (χ0) is 16.2. The molecule has 122 valence electrons. The van der Waals surface area contributed by atoms with Gasteiger partial charge in [0.15, 0.2) is 0 Å². The minimum atomic E-state index is -0.0154. The number of hydrogen-bond acceptors (Lipinski definition) is 6. The van der Waals surface area contributed by atoms with Crippen molar-refractivity contribution in [2.24, 2.45) is 5.92 Å². The van der Waals surface area contributed by atoms with Crippen LogP contribution in [0.1, 0.15) is 36.4 Å². The van der Waals surface area contributed by atoms with Gasteiger partial charge in [0, 0.05) is 23.2 Å². The summed E-state index contributed by atoms with van der Waals surface area (Å²) in [7, 11) is 0. The van der Waals surface area contributed by atoms with Crippen molar-refractivity contribution in [1.29, 1.82) is 0 Å². The summed E-state index contributed by atoms with van der Waals surface area (Å²) in [5.74, 6) is 0.798. The number of nitrogens with zero attached hydrogens (tertiary/aromatic N) is 3. The van der Waals surface area contributed by atoms with Gasteiger partial charge in [-0.3, -0.25) is 9.69 Å². The van der Waals surface area contributed by atoms with Crippen LogP contribution in [0.2, 0.25) is 0 Å². The van der Waals surface area contributed by atoms with Crippen molar-refractivity contribution in [1.82, 2.24) is 20.2 Å². The largest absolute Gasteiger partial charge is 0.368 e. The molecular weight excluding hydrogens is 310 g/mol. The van der Waals surface area contributed by atoms with Gasteiger partial charge in [-0.15, -0.1) is 11.3 Å². The number of carbonyl (C=O) groups excluding carboxylic acids is 1. The molecule has 0 saturated carbocycles. The van der Waals surface area contributed by atoms with Crippen LogP contribution in [-0.4, -0.2) is 45.4 Å². The van der Waals surface area contributed by atoms with Crippen LogP contribution in [0.5, 0.6) is 0 Å². The molecule has 1 unspecified atom stereocenters. The number of fused-ring (bicyclic) bond motifs is 4. The number of amides is 1. The quantitative estimate of drug-likeness (QED) is 0.878. The van der Waals surface area contributed by atoms with Crippen molar-refractivity contribution in [3.8, 4) is 0 Å². The SMILES string of the molecule is CC1(C)C(NC(=O)c2cc3cnc(N)nc3s2)C2CCN1CC2. The van der Waals surface area contributed by atoms with E-state index in [4.69, 9.17) is 5.73 Å². The molecule has 0 radical (unpaired) electrons. The summed E-state index contributed by atoms with van der Waals surface area (Å²) in [6.45, 7) is 6.75. The predicted molar refractivity (Wildman–Crippen MR) is 91.5 cm³/mol. The third kappa shape index (κ3) is 2.38. The normalized spacial score (nSPS) is 28.9. The highest BCUT2D eigenvalue weighted by atomic mass is 32.1. The molecule has 1 atom stereocenters. The van der Waals surface area contributed by atoms with Crippen LogP contribution in [0.25, 0.3) is 10.2 Å². The minimum Gasteiger partial charge on any atom is -0.368 e. The maximum absolute atomic E-state index is 12.7. The molecule has 3 saturated heterocycles. The highest BCUT2D eigenvalue weighted by Crippen LogP contribution is 2.39. The monoisotopic (exact) mass is 331 g/mol. The van der Waals surface area contributed by atoms with E-state index in [0.29, 0.717) is 10.8 Å². The lowest BCUT2D eigenvalue weighted by molar-refractivity contribution is -0.0377. The maximum Gasteiger partial charge on any atom is 0.261 e. The molecule has 23 heavy (non-hydrogen) atoms. The number of rotatable bonds is 2. The first kappa shape index (κ1) is 14.8. The molecule has 5 heterocycles. The van der Waals surface area contributed by atoms with Gasteiger partial charge in [-0.05, 0) is 51.8 Å². The van der Waals surface area contributed by atoms with Gasteiger partial charge in [-0.2, -0.15) is 0 Å². The second-order valence-electron chi connectivity index (χ2n) is 7.03. The molecule has 1 amide bonds. The molecule has 2 bridgehead atoms. The van der Waals surface area contributed by atoms with Crippen molar-refractivity contribution in [3.63, 3.8) is 0 Å². The molecule has 3 fully saturated rings. The van der Waals surface area contributed by atoms with E-state index < -0.39 is 0 Å². The maximum atomic E-state index is 12.7. The van der Waals surface area contributed by atoms with Crippen LogP contribution < -0.4 is 11.1 Å². The number of anilines is 1. The lowest BCUT2D eigenvalue weighted by Crippen LogP contribution is -2.69. The smallest absolute Gasteiger partial charge is 0.261 e. The standard InChI is InChI=1S/C16H21N5OS/c1-16(2)12(9-3-5-21(16)6-4-9)19-13(22)11-7-10-8-18-15(17)20-14(10)23-11/h7-9,12H,3-6H2,1-2H3,(H,19,22)(H2,17,18,20). The lowest BCUT2D eigenvalue weighted by atomic mass is 9.72. The van der Waals surface area contributed by atoms with E-state index >= 15 is 0 Å². The molecule has 3 aliphatic rings. The highest BCUT2D eigenvalue weighted by Gasteiger charge is 2.48. The van der Waals surface area contributed by atoms with Crippen LogP contribution in [0.15, 0.2) is 12.3 Å². The predicted octanol–water partition coefficient (Wildman–Crippen LogP) is 1.88. The molecule has 6 nitrogen and oxygen atoms in total. The fourth-order valence-corrected chi connectivity index (χ4v) is 4.96. The van der Waals surface area contributed by atoms with Gasteiger partial charge in [0.2, 0.25) is 5.95 Å². The van der Waals surface area contributed by atoms with Crippen LogP contribution in [0.4, 0.5) is 5.95 Å². The van der Waals surface area contributed by atoms with E-state index in [1.165, 1.54) is 24.2 Å². The van der Waals surface area contributed by atoms with Gasteiger partial charge >= 0.3 is 0 Å². The fourth-order valence-electron chi connectivity index (χ4n) is 4.05. The molecule has 3 aliphatic heterocycles. The fraction of sp³-hybridized carbons (Fsp3) is 0.562. The Morgan fingerprint density at radius 3 is 2.87 bits per heavy atom. The number of aromatic nitrogens is 2. The van der Waals surface area contributed by atoms with Gasteiger partial charge in [-0.1, -0.05) is 0 Å². The highest BCUT2D eigenvalue weighted by molar-refractivity contribution is 7.20. The number of thiophene rings is 1. The van der Waals surface area contributed by atoms with Crippen LogP contribution in [0, 0.1) is 5.92 Å². The summed E-state index contributed by atoms with van der Waals surface area (Å²) in [5.41, 5.74) is 5.63. The molecule has 7 heteroatoms. The second-order valence-corrected chi connectivity index (χ2v) is 8.06. The number of nitrogens with two attached hydrogens (primary N) is 1. The zero-order valence-electron chi connectivity index (χ0n) is 13.4. The Morgan fingerprint density at radius 1 is 1.43 bits per heavy atom. The van der Waals surface area contributed by atoms with E-state index in [0.717, 1.165) is 23.3 Å². The van der Waals surface area contributed by atoms with E-state index in [1.807, 2.05) is 6.07 Å². The number of piperidine rings is 3. The van der Waals surface area contributed by atoms with E-state index in [1.54, 1.807) is 6.20 Å². The van der Waals surface area contributed by atoms with Crippen LogP contribution >= 0.6 is 11.3 Å². The molecule has 0 aromatic carbocycles. The zero-order valence-corrected chi connectivity index (χ0v) is 14.2. The number of nitrogen functional groups attached to an aromatic ring is 1. The Balaban J connectivity index is 1.59. The molecule has 5 rings (SSSR count). The van der Waals surface area contributed by atoms with E-state index in [2.05, 4.69) is 34.0 Å². The van der Waals surface area contributed by atoms with Gasteiger partial charge in [0.25, 0.3) is 5.91 Å². The molecule has 3 N–H and O–H groups in total. The summed E-state index contributed by atoms with van der Waals surface area (Å²) in [4.78, 5) is 24.8. The summed E-state index contributed by atoms with van der Waals surface area (Å²) in [6.07, 6.45) is 4.01. The third-order valence-corrected chi connectivity index (χ3v) is 6.43. The summed E-state index contributed by atoms with van der Waals surface area (Å²) in [5, 5.41) is 4.15.